The topological polar surface area (TPSA) is 86.8 Å². The fourth-order valence-electron chi connectivity index (χ4n) is 5.06. The van der Waals surface area contributed by atoms with Crippen molar-refractivity contribution in [1.29, 1.82) is 0 Å². The van der Waals surface area contributed by atoms with Gasteiger partial charge in [-0.3, -0.25) is 13.9 Å². The van der Waals surface area contributed by atoms with Crippen molar-refractivity contribution >= 4 is 39.1 Å². The molecule has 0 radical (unpaired) electrons. The summed E-state index contributed by atoms with van der Waals surface area (Å²) in [5.74, 6) is -1.54. The van der Waals surface area contributed by atoms with E-state index in [0.29, 0.717) is 5.02 Å². The second-order valence-electron chi connectivity index (χ2n) is 10.9. The molecule has 0 aliphatic heterocycles. The lowest BCUT2D eigenvalue weighted by Crippen LogP contribution is -2.53. The molecular formula is C32H37ClFN3O4S. The molecule has 7 nitrogen and oxygen atoms in total. The van der Waals surface area contributed by atoms with Gasteiger partial charge in [0.05, 0.1) is 10.6 Å². The minimum atomic E-state index is -4.23. The molecule has 10 heteroatoms. The Balaban J connectivity index is 1.70. The first-order valence-electron chi connectivity index (χ1n) is 14.2. The van der Waals surface area contributed by atoms with Gasteiger partial charge in [0, 0.05) is 23.2 Å². The van der Waals surface area contributed by atoms with Gasteiger partial charge in [-0.15, -0.1) is 0 Å². The molecule has 3 aromatic rings. The molecular weight excluding hydrogens is 577 g/mol. The second kappa shape index (κ2) is 13.7. The van der Waals surface area contributed by atoms with Crippen LogP contribution in [0.4, 0.5) is 10.1 Å². The molecule has 1 N–H and O–H groups in total. The summed E-state index contributed by atoms with van der Waals surface area (Å²) in [5, 5.41) is 3.38. The lowest BCUT2D eigenvalue weighted by molar-refractivity contribution is -0.139. The van der Waals surface area contributed by atoms with E-state index in [1.165, 1.54) is 29.2 Å². The normalized spacial score (nSPS) is 14.7. The first-order chi connectivity index (χ1) is 20.0. The average Bonchev–Trinajstić information content (AvgIpc) is 2.97. The highest BCUT2D eigenvalue weighted by Gasteiger charge is 2.33. The van der Waals surface area contributed by atoms with Crippen molar-refractivity contribution in [1.82, 2.24) is 10.2 Å². The monoisotopic (exact) mass is 613 g/mol. The van der Waals surface area contributed by atoms with E-state index in [-0.39, 0.29) is 34.6 Å². The molecule has 42 heavy (non-hydrogen) atoms. The maximum absolute atomic E-state index is 14.7. The summed E-state index contributed by atoms with van der Waals surface area (Å²) in [6.07, 6.45) is 4.87. The number of aryl methyl sites for hydroxylation is 2. The Bertz CT molecular complexity index is 1520. The van der Waals surface area contributed by atoms with Gasteiger partial charge < -0.3 is 10.2 Å². The Kier molecular flexibility index (Phi) is 10.3. The number of benzene rings is 3. The zero-order valence-electron chi connectivity index (χ0n) is 24.1. The third kappa shape index (κ3) is 7.50. The van der Waals surface area contributed by atoms with Gasteiger partial charge in [0.2, 0.25) is 11.8 Å². The molecule has 0 spiro atoms. The molecule has 1 saturated carbocycles. The summed E-state index contributed by atoms with van der Waals surface area (Å²) in [5.41, 5.74) is 2.04. The number of sulfonamides is 1. The number of hydrogen-bond donors (Lipinski definition) is 1. The van der Waals surface area contributed by atoms with Crippen LogP contribution in [0.1, 0.15) is 55.7 Å². The Hall–Kier alpha value is -3.43. The third-order valence-corrected chi connectivity index (χ3v) is 9.94. The van der Waals surface area contributed by atoms with Crippen LogP contribution in [-0.2, 0) is 26.2 Å². The summed E-state index contributed by atoms with van der Waals surface area (Å²) >= 11 is 6.37. The van der Waals surface area contributed by atoms with Crippen LogP contribution in [-0.4, -0.2) is 43.8 Å². The fourth-order valence-corrected chi connectivity index (χ4v) is 6.65. The number of anilines is 1. The smallest absolute Gasteiger partial charge is 0.264 e. The van der Waals surface area contributed by atoms with E-state index in [0.717, 1.165) is 47.5 Å². The molecule has 0 saturated heterocycles. The minimum absolute atomic E-state index is 0.00124. The molecule has 1 unspecified atom stereocenters. The summed E-state index contributed by atoms with van der Waals surface area (Å²) in [6.45, 7) is 4.39. The SMILES string of the molecule is Cc1ccc(S(=O)(=O)N(CC(=O)N(Cc2ccccc2F)C(C)C(=O)NC2CCCCC2)c2ccc(C)c(Cl)c2)cc1. The standard InChI is InChI=1S/C32H37ClFN3O4S/c1-22-13-17-28(18-14-22)42(40,41)37(27-16-15-23(2)29(33)19-27)21-31(38)36(20-25-9-7-8-12-30(25)34)24(3)32(39)35-26-10-5-4-6-11-26/h7-9,12-19,24,26H,4-6,10-11,20-21H2,1-3H3,(H,35,39). The van der Waals surface area contributed by atoms with Crippen LogP contribution in [0.5, 0.6) is 0 Å². The van der Waals surface area contributed by atoms with Crippen molar-refractivity contribution in [3.8, 4) is 0 Å². The Morgan fingerprint density at radius 2 is 1.67 bits per heavy atom. The van der Waals surface area contributed by atoms with Gasteiger partial charge >= 0.3 is 0 Å². The molecule has 1 aliphatic rings. The fraction of sp³-hybridized carbons (Fsp3) is 0.375. The van der Waals surface area contributed by atoms with Crippen molar-refractivity contribution in [2.45, 2.75) is 76.4 Å². The van der Waals surface area contributed by atoms with Crippen LogP contribution in [0.2, 0.25) is 5.02 Å². The van der Waals surface area contributed by atoms with Crippen molar-refractivity contribution in [3.63, 3.8) is 0 Å². The van der Waals surface area contributed by atoms with E-state index in [1.54, 1.807) is 56.3 Å². The van der Waals surface area contributed by atoms with Crippen LogP contribution in [0.3, 0.4) is 0 Å². The first kappa shape index (κ1) is 31.5. The van der Waals surface area contributed by atoms with E-state index in [1.807, 2.05) is 6.92 Å². The molecule has 1 aliphatic carbocycles. The van der Waals surface area contributed by atoms with Gasteiger partial charge in [-0.2, -0.15) is 0 Å². The lowest BCUT2D eigenvalue weighted by atomic mass is 9.95. The summed E-state index contributed by atoms with van der Waals surface area (Å²) in [7, 11) is -4.23. The van der Waals surface area contributed by atoms with Crippen molar-refractivity contribution in [2.75, 3.05) is 10.8 Å². The highest BCUT2D eigenvalue weighted by molar-refractivity contribution is 7.92. The van der Waals surface area contributed by atoms with Crippen LogP contribution < -0.4 is 9.62 Å². The van der Waals surface area contributed by atoms with Crippen molar-refractivity contribution < 1.29 is 22.4 Å². The van der Waals surface area contributed by atoms with Crippen molar-refractivity contribution in [3.05, 3.63) is 94.3 Å². The Morgan fingerprint density at radius 3 is 2.31 bits per heavy atom. The van der Waals surface area contributed by atoms with E-state index >= 15 is 0 Å². The second-order valence-corrected chi connectivity index (χ2v) is 13.2. The lowest BCUT2D eigenvalue weighted by Gasteiger charge is -2.33. The van der Waals surface area contributed by atoms with E-state index in [2.05, 4.69) is 5.32 Å². The zero-order valence-corrected chi connectivity index (χ0v) is 25.7. The predicted octanol–water partition coefficient (Wildman–Crippen LogP) is 6.16. The van der Waals surface area contributed by atoms with Crippen molar-refractivity contribution in [2.24, 2.45) is 0 Å². The number of hydrogen-bond acceptors (Lipinski definition) is 4. The number of amides is 2. The van der Waals surface area contributed by atoms with E-state index in [4.69, 9.17) is 11.6 Å². The number of carbonyl (C=O) groups excluding carboxylic acids is 2. The summed E-state index contributed by atoms with van der Waals surface area (Å²) < 4.78 is 43.6. The van der Waals surface area contributed by atoms with Gasteiger partial charge in [0.1, 0.15) is 18.4 Å². The number of halogens is 2. The van der Waals surface area contributed by atoms with Gasteiger partial charge in [-0.05, 0) is 69.5 Å². The van der Waals surface area contributed by atoms with Gasteiger partial charge in [0.15, 0.2) is 0 Å². The summed E-state index contributed by atoms with van der Waals surface area (Å²) in [4.78, 5) is 28.7. The average molecular weight is 614 g/mol. The predicted molar refractivity (Wildman–Crippen MR) is 163 cm³/mol. The number of nitrogens with one attached hydrogen (secondary N) is 1. The molecule has 1 fully saturated rings. The molecule has 0 bridgehead atoms. The molecule has 3 aromatic carbocycles. The third-order valence-electron chi connectivity index (χ3n) is 7.75. The summed E-state index contributed by atoms with van der Waals surface area (Å²) in [6, 6.07) is 16.1. The van der Waals surface area contributed by atoms with Gasteiger partial charge in [0.25, 0.3) is 10.0 Å². The first-order valence-corrected chi connectivity index (χ1v) is 16.0. The zero-order chi connectivity index (χ0) is 30.4. The van der Waals surface area contributed by atoms with Crippen LogP contribution in [0.15, 0.2) is 71.6 Å². The molecule has 2 amide bonds. The molecule has 1 atom stereocenters. The molecule has 0 aromatic heterocycles. The quantitative estimate of drug-likeness (QED) is 0.297. The number of nitrogens with zero attached hydrogens (tertiary/aromatic N) is 2. The molecule has 224 valence electrons. The van der Waals surface area contributed by atoms with Gasteiger partial charge in [-0.25, -0.2) is 12.8 Å². The Labute approximate surface area is 252 Å². The Morgan fingerprint density at radius 1 is 1.00 bits per heavy atom. The molecule has 4 rings (SSSR count). The van der Waals surface area contributed by atoms with Crippen LogP contribution in [0, 0.1) is 19.7 Å². The highest BCUT2D eigenvalue weighted by Crippen LogP contribution is 2.29. The highest BCUT2D eigenvalue weighted by atomic mass is 35.5. The maximum Gasteiger partial charge on any atom is 0.264 e. The minimum Gasteiger partial charge on any atom is -0.352 e. The maximum atomic E-state index is 14.7. The largest absolute Gasteiger partial charge is 0.352 e. The van der Waals surface area contributed by atoms with Crippen LogP contribution in [0.25, 0.3) is 0 Å². The number of rotatable bonds is 10. The van der Waals surface area contributed by atoms with E-state index < -0.39 is 34.3 Å². The molecule has 0 heterocycles. The van der Waals surface area contributed by atoms with Crippen LogP contribution >= 0.6 is 11.6 Å². The van der Waals surface area contributed by atoms with E-state index in [9.17, 15) is 22.4 Å². The number of carbonyl (C=O) groups is 2. The van der Waals surface area contributed by atoms with Gasteiger partial charge in [-0.1, -0.05) is 72.8 Å².